The molecule has 0 N–H and O–H groups in total. The highest BCUT2D eigenvalue weighted by Crippen LogP contribution is 2.38. The number of aromatic nitrogens is 1. The lowest BCUT2D eigenvalue weighted by molar-refractivity contribution is 0.104. The van der Waals surface area contributed by atoms with Crippen molar-refractivity contribution in [3.05, 3.63) is 68.4 Å². The molecule has 0 atom stereocenters. The summed E-state index contributed by atoms with van der Waals surface area (Å²) in [6, 6.07) is 12.9. The molecule has 0 amide bonds. The topological polar surface area (TPSA) is 39.1 Å². The summed E-state index contributed by atoms with van der Waals surface area (Å²) in [5.41, 5.74) is 2.76. The van der Waals surface area contributed by atoms with Crippen LogP contribution in [0.5, 0.6) is 0 Å². The first-order valence-corrected chi connectivity index (χ1v) is 7.35. The van der Waals surface area contributed by atoms with Crippen LogP contribution in [0.25, 0.3) is 22.0 Å². The predicted molar refractivity (Wildman–Crippen MR) is 85.8 cm³/mol. The monoisotopic (exact) mass is 339 g/mol. The van der Waals surface area contributed by atoms with Gasteiger partial charge in [-0.2, -0.15) is 0 Å². The molecular formula is C17H10BrNO2. The van der Waals surface area contributed by atoms with Crippen molar-refractivity contribution < 1.29 is 4.79 Å². The van der Waals surface area contributed by atoms with Crippen LogP contribution in [0, 0.1) is 0 Å². The van der Waals surface area contributed by atoms with Gasteiger partial charge in [0.25, 0.3) is 5.56 Å². The molecule has 3 aromatic rings. The molecule has 0 saturated carbocycles. The van der Waals surface area contributed by atoms with E-state index in [1.807, 2.05) is 36.4 Å². The molecular weight excluding hydrogens is 330 g/mol. The second-order valence-corrected chi connectivity index (χ2v) is 6.07. The fourth-order valence-corrected chi connectivity index (χ4v) is 3.42. The zero-order chi connectivity index (χ0) is 14.7. The minimum absolute atomic E-state index is 0.0106. The molecule has 102 valence electrons. The number of hydrogen-bond acceptors (Lipinski definition) is 2. The fourth-order valence-electron chi connectivity index (χ4n) is 3.06. The summed E-state index contributed by atoms with van der Waals surface area (Å²) in [5.74, 6) is -0.0106. The van der Waals surface area contributed by atoms with Gasteiger partial charge in [-0.15, -0.1) is 0 Å². The maximum absolute atomic E-state index is 12.7. The highest BCUT2D eigenvalue weighted by Gasteiger charge is 2.31. The number of fused-ring (bicyclic) bond motifs is 5. The molecule has 4 rings (SSSR count). The van der Waals surface area contributed by atoms with Gasteiger partial charge in [-0.05, 0) is 12.1 Å². The van der Waals surface area contributed by atoms with E-state index in [1.165, 1.54) is 0 Å². The van der Waals surface area contributed by atoms with Crippen molar-refractivity contribution in [3.63, 3.8) is 0 Å². The van der Waals surface area contributed by atoms with Crippen LogP contribution in [0.4, 0.5) is 0 Å². The molecule has 0 radical (unpaired) electrons. The van der Waals surface area contributed by atoms with Gasteiger partial charge < -0.3 is 4.57 Å². The van der Waals surface area contributed by atoms with Gasteiger partial charge in [-0.25, -0.2) is 0 Å². The average molecular weight is 340 g/mol. The summed E-state index contributed by atoms with van der Waals surface area (Å²) in [6.45, 7) is 0. The summed E-state index contributed by atoms with van der Waals surface area (Å²) in [4.78, 5) is 25.3. The molecule has 1 heterocycles. The molecule has 21 heavy (non-hydrogen) atoms. The fraction of sp³-hybridized carbons (Fsp3) is 0.0588. The van der Waals surface area contributed by atoms with Gasteiger partial charge in [0.1, 0.15) is 0 Å². The number of rotatable bonds is 0. The van der Waals surface area contributed by atoms with Gasteiger partial charge >= 0.3 is 0 Å². The van der Waals surface area contributed by atoms with E-state index in [2.05, 4.69) is 15.9 Å². The predicted octanol–water partition coefficient (Wildman–Crippen LogP) is 3.51. The van der Waals surface area contributed by atoms with Crippen molar-refractivity contribution in [2.24, 2.45) is 7.05 Å². The number of pyridine rings is 1. The smallest absolute Gasteiger partial charge is 0.258 e. The van der Waals surface area contributed by atoms with Crippen LogP contribution < -0.4 is 5.56 Å². The first-order valence-electron chi connectivity index (χ1n) is 6.56. The van der Waals surface area contributed by atoms with E-state index in [0.29, 0.717) is 16.5 Å². The Balaban J connectivity index is 2.28. The maximum atomic E-state index is 12.7. The molecule has 0 bridgehead atoms. The van der Waals surface area contributed by atoms with E-state index in [1.54, 1.807) is 17.7 Å². The summed E-state index contributed by atoms with van der Waals surface area (Å²) < 4.78 is 2.41. The minimum Gasteiger partial charge on any atom is -0.310 e. The van der Waals surface area contributed by atoms with E-state index in [-0.39, 0.29) is 11.3 Å². The summed E-state index contributed by atoms with van der Waals surface area (Å²) in [6.07, 6.45) is 0. The van der Waals surface area contributed by atoms with Crippen molar-refractivity contribution in [1.29, 1.82) is 0 Å². The molecule has 1 aromatic heterocycles. The molecule has 0 fully saturated rings. The van der Waals surface area contributed by atoms with Crippen LogP contribution in [0.1, 0.15) is 15.9 Å². The van der Waals surface area contributed by atoms with Crippen LogP contribution in [-0.4, -0.2) is 10.4 Å². The number of hydrogen-bond donors (Lipinski definition) is 0. The maximum Gasteiger partial charge on any atom is 0.258 e. The van der Waals surface area contributed by atoms with Crippen molar-refractivity contribution >= 4 is 32.5 Å². The molecule has 4 heteroatoms. The summed E-state index contributed by atoms with van der Waals surface area (Å²) >= 11 is 3.38. The van der Waals surface area contributed by atoms with E-state index in [4.69, 9.17) is 0 Å². The van der Waals surface area contributed by atoms with Crippen LogP contribution in [0.15, 0.2) is 51.7 Å². The molecule has 1 aliphatic rings. The van der Waals surface area contributed by atoms with Gasteiger partial charge in [-0.1, -0.05) is 46.3 Å². The summed E-state index contributed by atoms with van der Waals surface area (Å²) in [5, 5.41) is 1.28. The Morgan fingerprint density at radius 3 is 2.43 bits per heavy atom. The van der Waals surface area contributed by atoms with E-state index in [0.717, 1.165) is 21.1 Å². The van der Waals surface area contributed by atoms with Gasteiger partial charge in [0, 0.05) is 33.4 Å². The van der Waals surface area contributed by atoms with Crippen LogP contribution >= 0.6 is 15.9 Å². The molecule has 2 aromatic carbocycles. The van der Waals surface area contributed by atoms with E-state index < -0.39 is 0 Å². The average Bonchev–Trinajstić information content (AvgIpc) is 2.79. The zero-order valence-electron chi connectivity index (χ0n) is 11.2. The van der Waals surface area contributed by atoms with Crippen LogP contribution in [0.3, 0.4) is 0 Å². The number of benzene rings is 2. The Hall–Kier alpha value is -2.20. The Morgan fingerprint density at radius 2 is 1.67 bits per heavy atom. The third kappa shape index (κ3) is 1.54. The van der Waals surface area contributed by atoms with Crippen molar-refractivity contribution in [2.45, 2.75) is 0 Å². The minimum atomic E-state index is -0.0884. The molecule has 0 saturated heterocycles. The standard InChI is InChI=1S/C17H10BrNO2/c1-19-15-11-4-2-3-5-12(11)16(20)14(15)10-7-6-9(18)8-13(10)17(19)21/h2-8H,1H3. The lowest BCUT2D eigenvalue weighted by Gasteiger charge is -2.10. The molecule has 0 spiro atoms. The lowest BCUT2D eigenvalue weighted by Crippen LogP contribution is -2.20. The molecule has 0 unspecified atom stereocenters. The van der Waals surface area contributed by atoms with Crippen molar-refractivity contribution in [1.82, 2.24) is 4.57 Å². The summed E-state index contributed by atoms with van der Waals surface area (Å²) in [7, 11) is 1.72. The van der Waals surface area contributed by atoms with Gasteiger partial charge in [0.05, 0.1) is 11.3 Å². The normalized spacial score (nSPS) is 12.6. The zero-order valence-corrected chi connectivity index (χ0v) is 12.8. The van der Waals surface area contributed by atoms with Crippen molar-refractivity contribution in [3.8, 4) is 11.3 Å². The first-order chi connectivity index (χ1) is 10.1. The number of carbonyl (C=O) groups is 1. The van der Waals surface area contributed by atoms with Gasteiger partial charge in [0.15, 0.2) is 5.78 Å². The Morgan fingerprint density at radius 1 is 0.952 bits per heavy atom. The third-order valence-corrected chi connectivity index (χ3v) is 4.51. The second-order valence-electron chi connectivity index (χ2n) is 5.15. The number of nitrogens with zero attached hydrogens (tertiary/aromatic N) is 1. The van der Waals surface area contributed by atoms with E-state index >= 15 is 0 Å². The molecule has 3 nitrogen and oxygen atoms in total. The van der Waals surface area contributed by atoms with Crippen molar-refractivity contribution in [2.75, 3.05) is 0 Å². The first kappa shape index (κ1) is 12.5. The lowest BCUT2D eigenvalue weighted by atomic mass is 10.0. The second kappa shape index (κ2) is 4.15. The number of ketones is 1. The van der Waals surface area contributed by atoms with Gasteiger partial charge in [-0.3, -0.25) is 9.59 Å². The van der Waals surface area contributed by atoms with Crippen LogP contribution in [-0.2, 0) is 7.05 Å². The highest BCUT2D eigenvalue weighted by atomic mass is 79.9. The van der Waals surface area contributed by atoms with Crippen LogP contribution in [0.2, 0.25) is 0 Å². The largest absolute Gasteiger partial charge is 0.310 e. The quantitative estimate of drug-likeness (QED) is 0.491. The molecule has 1 aliphatic carbocycles. The Kier molecular flexibility index (Phi) is 2.48. The SMILES string of the molecule is Cn1c2c(c3ccc(Br)cc3c1=O)C(=O)c1ccccc1-2. The van der Waals surface area contributed by atoms with Gasteiger partial charge in [0.2, 0.25) is 0 Å². The Labute approximate surface area is 129 Å². The number of carbonyl (C=O) groups excluding carboxylic acids is 1. The molecule has 0 aliphatic heterocycles. The van der Waals surface area contributed by atoms with E-state index in [9.17, 15) is 9.59 Å². The third-order valence-electron chi connectivity index (χ3n) is 4.01. The Bertz CT molecular complexity index is 1000. The highest BCUT2D eigenvalue weighted by molar-refractivity contribution is 9.10. The number of halogens is 1.